The van der Waals surface area contributed by atoms with Crippen LogP contribution in [0.1, 0.15) is 49.2 Å². The van der Waals surface area contributed by atoms with Crippen LogP contribution >= 0.6 is 11.3 Å². The molecule has 22 heavy (non-hydrogen) atoms. The number of hydrogen-bond donors (Lipinski definition) is 2. The van der Waals surface area contributed by atoms with Gasteiger partial charge in [0.1, 0.15) is 0 Å². The van der Waals surface area contributed by atoms with Gasteiger partial charge in [-0.05, 0) is 25.7 Å². The quantitative estimate of drug-likeness (QED) is 0.808. The summed E-state index contributed by atoms with van der Waals surface area (Å²) in [6.07, 6.45) is 7.34. The van der Waals surface area contributed by atoms with E-state index in [0.29, 0.717) is 18.9 Å². The van der Waals surface area contributed by atoms with Crippen molar-refractivity contribution in [2.45, 2.75) is 51.9 Å². The van der Waals surface area contributed by atoms with Crippen LogP contribution in [0.3, 0.4) is 0 Å². The van der Waals surface area contributed by atoms with Gasteiger partial charge in [0.05, 0.1) is 11.6 Å². The maximum absolute atomic E-state index is 11.8. The first-order valence-corrected chi connectivity index (χ1v) is 8.96. The van der Waals surface area contributed by atoms with Gasteiger partial charge in [-0.15, -0.1) is 11.3 Å². The molecular weight excluding hydrogens is 298 g/mol. The normalized spacial score (nSPS) is 15.5. The van der Waals surface area contributed by atoms with E-state index in [-0.39, 0.29) is 18.4 Å². The van der Waals surface area contributed by atoms with E-state index in [9.17, 15) is 9.59 Å². The monoisotopic (exact) mass is 323 g/mol. The fourth-order valence-electron chi connectivity index (χ4n) is 2.79. The molecule has 5 nitrogen and oxygen atoms in total. The van der Waals surface area contributed by atoms with Gasteiger partial charge in [0.2, 0.25) is 11.8 Å². The number of aromatic nitrogens is 1. The van der Waals surface area contributed by atoms with Gasteiger partial charge in [0.15, 0.2) is 0 Å². The number of thiazole rings is 1. The Hall–Kier alpha value is -1.43. The first kappa shape index (κ1) is 16.9. The molecule has 1 fully saturated rings. The molecule has 1 aromatic heterocycles. The molecular formula is C16H25N3O2S. The van der Waals surface area contributed by atoms with Gasteiger partial charge in [0, 0.05) is 30.5 Å². The van der Waals surface area contributed by atoms with Crippen LogP contribution in [0.4, 0.5) is 0 Å². The Morgan fingerprint density at radius 3 is 2.68 bits per heavy atom. The Balaban J connectivity index is 1.55. The molecule has 0 unspecified atom stereocenters. The predicted octanol–water partition coefficient (Wildman–Crippen LogP) is 2.20. The number of carbonyl (C=O) groups excluding carboxylic acids is 2. The third-order valence-corrected chi connectivity index (χ3v) is 5.00. The molecule has 1 aliphatic carbocycles. The van der Waals surface area contributed by atoms with E-state index >= 15 is 0 Å². The summed E-state index contributed by atoms with van der Waals surface area (Å²) in [5.74, 6) is 0.368. The van der Waals surface area contributed by atoms with Crippen molar-refractivity contribution in [3.05, 3.63) is 16.1 Å². The summed E-state index contributed by atoms with van der Waals surface area (Å²) in [5, 5.41) is 8.56. The van der Waals surface area contributed by atoms with Crippen LogP contribution in [0.2, 0.25) is 0 Å². The largest absolute Gasteiger partial charge is 0.354 e. The molecule has 0 radical (unpaired) electrons. The van der Waals surface area contributed by atoms with E-state index in [2.05, 4.69) is 15.6 Å². The lowest BCUT2D eigenvalue weighted by molar-refractivity contribution is -0.126. The fraction of sp³-hybridized carbons (Fsp3) is 0.688. The first-order valence-electron chi connectivity index (χ1n) is 8.08. The van der Waals surface area contributed by atoms with Crippen molar-refractivity contribution in [1.82, 2.24) is 15.6 Å². The third kappa shape index (κ3) is 6.13. The molecule has 0 saturated heterocycles. The number of nitrogens with zero attached hydrogens (tertiary/aromatic N) is 1. The minimum absolute atomic E-state index is 0.00222. The number of aryl methyl sites for hydroxylation is 1. The summed E-state index contributed by atoms with van der Waals surface area (Å²) < 4.78 is 0. The Kier molecular flexibility index (Phi) is 6.83. The van der Waals surface area contributed by atoms with Crippen molar-refractivity contribution in [3.63, 3.8) is 0 Å². The standard InChI is InChI=1S/C16H25N3O2S/c1-12-11-22-16(19-12)7-8-17-15(21)10-18-14(20)9-13-5-3-2-4-6-13/h11,13H,2-10H2,1H3,(H,17,21)(H,18,20). The highest BCUT2D eigenvalue weighted by Gasteiger charge is 2.17. The molecule has 122 valence electrons. The van der Waals surface area contributed by atoms with Gasteiger partial charge >= 0.3 is 0 Å². The van der Waals surface area contributed by atoms with Crippen LogP contribution < -0.4 is 10.6 Å². The Morgan fingerprint density at radius 1 is 1.23 bits per heavy atom. The highest BCUT2D eigenvalue weighted by molar-refractivity contribution is 7.09. The number of nitrogens with one attached hydrogen (secondary N) is 2. The molecule has 1 saturated carbocycles. The van der Waals surface area contributed by atoms with Crippen molar-refractivity contribution in [3.8, 4) is 0 Å². The molecule has 2 rings (SSSR count). The molecule has 0 aromatic carbocycles. The van der Waals surface area contributed by atoms with E-state index in [1.54, 1.807) is 11.3 Å². The SMILES string of the molecule is Cc1csc(CCNC(=O)CNC(=O)CC2CCCCC2)n1. The molecule has 0 spiro atoms. The Bertz CT molecular complexity index is 495. The summed E-state index contributed by atoms with van der Waals surface area (Å²) in [4.78, 5) is 27.9. The zero-order valence-corrected chi connectivity index (χ0v) is 14.0. The summed E-state index contributed by atoms with van der Waals surface area (Å²) in [6, 6.07) is 0. The predicted molar refractivity (Wildman–Crippen MR) is 87.8 cm³/mol. The zero-order chi connectivity index (χ0) is 15.8. The minimum atomic E-state index is -0.134. The summed E-state index contributed by atoms with van der Waals surface area (Å²) >= 11 is 1.61. The van der Waals surface area contributed by atoms with Gasteiger partial charge in [-0.3, -0.25) is 9.59 Å². The van der Waals surface area contributed by atoms with E-state index < -0.39 is 0 Å². The number of carbonyl (C=O) groups is 2. The Morgan fingerprint density at radius 2 is 2.00 bits per heavy atom. The molecule has 0 aliphatic heterocycles. The van der Waals surface area contributed by atoms with Gasteiger partial charge in [0.25, 0.3) is 0 Å². The van der Waals surface area contributed by atoms with Crippen molar-refractivity contribution < 1.29 is 9.59 Å². The average molecular weight is 323 g/mol. The van der Waals surface area contributed by atoms with Crippen LogP contribution in [-0.4, -0.2) is 29.9 Å². The molecule has 2 N–H and O–H groups in total. The van der Waals surface area contributed by atoms with Crippen molar-refractivity contribution in [2.24, 2.45) is 5.92 Å². The van der Waals surface area contributed by atoms with Crippen molar-refractivity contribution in [2.75, 3.05) is 13.1 Å². The number of hydrogen-bond acceptors (Lipinski definition) is 4. The highest BCUT2D eigenvalue weighted by atomic mass is 32.1. The van der Waals surface area contributed by atoms with E-state index in [1.807, 2.05) is 12.3 Å². The van der Waals surface area contributed by atoms with Gasteiger partial charge < -0.3 is 10.6 Å². The molecule has 0 bridgehead atoms. The van der Waals surface area contributed by atoms with Gasteiger partial charge in [-0.1, -0.05) is 19.3 Å². The van der Waals surface area contributed by atoms with Crippen molar-refractivity contribution >= 4 is 23.2 Å². The fourth-order valence-corrected chi connectivity index (χ4v) is 3.57. The maximum atomic E-state index is 11.8. The number of amides is 2. The molecule has 2 amide bonds. The second kappa shape index (κ2) is 8.88. The van der Waals surface area contributed by atoms with Crippen LogP contribution in [0.15, 0.2) is 5.38 Å². The van der Waals surface area contributed by atoms with Gasteiger partial charge in [-0.2, -0.15) is 0 Å². The summed E-state index contributed by atoms with van der Waals surface area (Å²) in [6.45, 7) is 2.59. The summed E-state index contributed by atoms with van der Waals surface area (Å²) in [7, 11) is 0. The minimum Gasteiger partial charge on any atom is -0.354 e. The lowest BCUT2D eigenvalue weighted by atomic mass is 9.87. The van der Waals surface area contributed by atoms with E-state index in [4.69, 9.17) is 0 Å². The topological polar surface area (TPSA) is 71.1 Å². The van der Waals surface area contributed by atoms with E-state index in [0.717, 1.165) is 30.0 Å². The number of rotatable bonds is 7. The van der Waals surface area contributed by atoms with Gasteiger partial charge in [-0.25, -0.2) is 4.98 Å². The second-order valence-corrected chi connectivity index (χ2v) is 6.91. The van der Waals surface area contributed by atoms with Crippen LogP contribution in [0.25, 0.3) is 0 Å². The summed E-state index contributed by atoms with van der Waals surface area (Å²) in [5.41, 5.74) is 1.02. The highest BCUT2D eigenvalue weighted by Crippen LogP contribution is 2.25. The Labute approximate surface area is 135 Å². The molecule has 1 heterocycles. The second-order valence-electron chi connectivity index (χ2n) is 5.97. The lowest BCUT2D eigenvalue weighted by Gasteiger charge is -2.20. The molecule has 0 atom stereocenters. The molecule has 1 aromatic rings. The average Bonchev–Trinajstić information content (AvgIpc) is 2.92. The third-order valence-electron chi connectivity index (χ3n) is 3.97. The van der Waals surface area contributed by atoms with Crippen LogP contribution in [-0.2, 0) is 16.0 Å². The zero-order valence-electron chi connectivity index (χ0n) is 13.2. The molecule has 6 heteroatoms. The van der Waals surface area contributed by atoms with Crippen molar-refractivity contribution in [1.29, 1.82) is 0 Å². The molecule has 1 aliphatic rings. The van der Waals surface area contributed by atoms with E-state index in [1.165, 1.54) is 19.3 Å². The smallest absolute Gasteiger partial charge is 0.239 e. The first-order chi connectivity index (χ1) is 10.6. The maximum Gasteiger partial charge on any atom is 0.239 e. The van der Waals surface area contributed by atoms with Crippen LogP contribution in [0, 0.1) is 12.8 Å². The van der Waals surface area contributed by atoms with Crippen LogP contribution in [0.5, 0.6) is 0 Å². The lowest BCUT2D eigenvalue weighted by Crippen LogP contribution is -2.38.